The molecule has 0 atom stereocenters. The van der Waals surface area contributed by atoms with Crippen LogP contribution >= 0.6 is 0 Å². The molecule has 136 valence electrons. The van der Waals surface area contributed by atoms with Crippen LogP contribution in [-0.2, 0) is 4.79 Å². The Morgan fingerprint density at radius 2 is 1.88 bits per heavy atom. The highest BCUT2D eigenvalue weighted by Gasteiger charge is 2.34. The van der Waals surface area contributed by atoms with Crippen LogP contribution in [0.2, 0.25) is 0 Å². The van der Waals surface area contributed by atoms with Gasteiger partial charge in [-0.15, -0.1) is 0 Å². The summed E-state index contributed by atoms with van der Waals surface area (Å²) in [6.45, 7) is 2.74. The Labute approximate surface area is 148 Å². The summed E-state index contributed by atoms with van der Waals surface area (Å²) >= 11 is 0. The first-order valence-electron chi connectivity index (χ1n) is 9.18. The number of benzene rings is 1. The van der Waals surface area contributed by atoms with Gasteiger partial charge in [0.05, 0.1) is 6.54 Å². The van der Waals surface area contributed by atoms with Gasteiger partial charge < -0.3 is 15.7 Å². The third kappa shape index (κ3) is 4.51. The molecule has 6 nitrogen and oxygen atoms in total. The van der Waals surface area contributed by atoms with E-state index in [0.29, 0.717) is 12.5 Å². The summed E-state index contributed by atoms with van der Waals surface area (Å²) in [6.07, 6.45) is 5.46. The van der Waals surface area contributed by atoms with Gasteiger partial charge >= 0.3 is 12.0 Å². The number of hydrogen-bond donors (Lipinski definition) is 3. The Balaban J connectivity index is 1.40. The van der Waals surface area contributed by atoms with Crippen molar-refractivity contribution in [3.8, 4) is 0 Å². The minimum Gasteiger partial charge on any atom is -0.480 e. The maximum absolute atomic E-state index is 12.1. The highest BCUT2D eigenvalue weighted by molar-refractivity contribution is 5.89. The van der Waals surface area contributed by atoms with E-state index in [1.807, 2.05) is 24.0 Å². The second-order valence-corrected chi connectivity index (χ2v) is 7.13. The molecule has 25 heavy (non-hydrogen) atoms. The summed E-state index contributed by atoms with van der Waals surface area (Å²) in [5, 5.41) is 14.7. The minimum atomic E-state index is -0.804. The van der Waals surface area contributed by atoms with E-state index in [2.05, 4.69) is 22.8 Å². The van der Waals surface area contributed by atoms with E-state index >= 15 is 0 Å². The molecular formula is C19H27N3O3. The Morgan fingerprint density at radius 3 is 2.40 bits per heavy atom. The predicted molar refractivity (Wildman–Crippen MR) is 96.9 cm³/mol. The Morgan fingerprint density at radius 1 is 1.20 bits per heavy atom. The molecule has 2 aliphatic carbocycles. The number of likely N-dealkylation sites (N-methyl/N-ethyl adjacent to an activating group) is 1. The molecule has 6 heteroatoms. The van der Waals surface area contributed by atoms with Crippen molar-refractivity contribution in [3.05, 3.63) is 29.8 Å². The van der Waals surface area contributed by atoms with E-state index in [-0.39, 0.29) is 24.7 Å². The average molecular weight is 345 g/mol. The maximum atomic E-state index is 12.1. The maximum Gasteiger partial charge on any atom is 0.319 e. The fourth-order valence-electron chi connectivity index (χ4n) is 3.61. The lowest BCUT2D eigenvalue weighted by atomic mass is 9.80. The molecule has 2 aliphatic rings. The topological polar surface area (TPSA) is 81.7 Å². The largest absolute Gasteiger partial charge is 0.480 e. The zero-order valence-electron chi connectivity index (χ0n) is 14.7. The van der Waals surface area contributed by atoms with Crippen LogP contribution in [0.1, 0.15) is 50.5 Å². The third-order valence-corrected chi connectivity index (χ3v) is 5.45. The van der Waals surface area contributed by atoms with Crippen LogP contribution in [0, 0.1) is 0 Å². The van der Waals surface area contributed by atoms with Crippen LogP contribution in [0.3, 0.4) is 0 Å². The van der Waals surface area contributed by atoms with E-state index in [1.54, 1.807) is 0 Å². The van der Waals surface area contributed by atoms with E-state index in [1.165, 1.54) is 24.8 Å². The summed E-state index contributed by atoms with van der Waals surface area (Å²) in [6, 6.07) is 8.29. The molecule has 0 bridgehead atoms. The molecule has 1 aromatic rings. The minimum absolute atomic E-state index is 0.0629. The van der Waals surface area contributed by atoms with Crippen molar-refractivity contribution < 1.29 is 14.7 Å². The van der Waals surface area contributed by atoms with Gasteiger partial charge in [-0.2, -0.15) is 0 Å². The molecule has 2 amide bonds. The van der Waals surface area contributed by atoms with Gasteiger partial charge in [0.2, 0.25) is 0 Å². The van der Waals surface area contributed by atoms with Crippen molar-refractivity contribution >= 4 is 17.7 Å². The number of amides is 2. The average Bonchev–Trinajstić information content (AvgIpc) is 2.48. The van der Waals surface area contributed by atoms with Crippen LogP contribution < -0.4 is 10.6 Å². The van der Waals surface area contributed by atoms with Crippen LogP contribution in [0.25, 0.3) is 0 Å². The van der Waals surface area contributed by atoms with Gasteiger partial charge in [-0.1, -0.05) is 25.5 Å². The molecule has 1 aromatic carbocycles. The van der Waals surface area contributed by atoms with Gasteiger partial charge in [0, 0.05) is 17.8 Å². The lowest BCUT2D eigenvalue weighted by molar-refractivity contribution is -0.139. The molecule has 2 fully saturated rings. The van der Waals surface area contributed by atoms with Crippen molar-refractivity contribution in [3.63, 3.8) is 0 Å². The van der Waals surface area contributed by atoms with E-state index in [0.717, 1.165) is 18.5 Å². The number of rotatable bonds is 7. The van der Waals surface area contributed by atoms with Crippen LogP contribution in [0.15, 0.2) is 24.3 Å². The van der Waals surface area contributed by atoms with Gasteiger partial charge in [-0.25, -0.2) is 4.79 Å². The van der Waals surface area contributed by atoms with Gasteiger partial charge in [-0.05, 0) is 55.8 Å². The fourth-order valence-corrected chi connectivity index (χ4v) is 3.61. The molecule has 0 heterocycles. The molecule has 3 N–H and O–H groups in total. The fraction of sp³-hybridized carbons (Fsp3) is 0.579. The van der Waals surface area contributed by atoms with E-state index < -0.39 is 5.97 Å². The van der Waals surface area contributed by atoms with Crippen molar-refractivity contribution in [2.45, 2.75) is 57.0 Å². The number of hydrogen-bond acceptors (Lipinski definition) is 3. The smallest absolute Gasteiger partial charge is 0.319 e. The number of aliphatic carboxylic acids is 1. The van der Waals surface area contributed by atoms with Crippen LogP contribution in [0.5, 0.6) is 0 Å². The second kappa shape index (κ2) is 7.87. The molecule has 0 aliphatic heterocycles. The number of nitrogens with one attached hydrogen (secondary N) is 2. The summed E-state index contributed by atoms with van der Waals surface area (Å²) in [5.41, 5.74) is 2.16. The van der Waals surface area contributed by atoms with E-state index in [4.69, 9.17) is 5.11 Å². The molecule has 0 spiro atoms. The first-order valence-corrected chi connectivity index (χ1v) is 9.18. The normalized spacial score (nSPS) is 22.8. The standard InChI is InChI=1S/C19H27N3O3/c1-2-22(12-18(23)24)17-10-16(11-17)21-19(25)20-15-8-6-14(7-9-15)13-4-3-5-13/h6-9,13,16-17H,2-5,10-12H2,1H3,(H,23,24)(H2,20,21,25). The molecular weight excluding hydrogens is 318 g/mol. The Bertz CT molecular complexity index is 607. The molecule has 0 aromatic heterocycles. The number of anilines is 1. The number of carbonyl (C=O) groups excluding carboxylic acids is 1. The first kappa shape index (κ1) is 17.7. The molecule has 2 saturated carbocycles. The van der Waals surface area contributed by atoms with Gasteiger partial charge in [0.1, 0.15) is 0 Å². The summed E-state index contributed by atoms with van der Waals surface area (Å²) in [5.74, 6) is -0.108. The third-order valence-electron chi connectivity index (χ3n) is 5.45. The molecule has 0 unspecified atom stereocenters. The monoisotopic (exact) mass is 345 g/mol. The van der Waals surface area contributed by atoms with Crippen molar-refractivity contribution in [2.75, 3.05) is 18.4 Å². The first-order chi connectivity index (χ1) is 12.0. The summed E-state index contributed by atoms with van der Waals surface area (Å²) in [7, 11) is 0. The SMILES string of the molecule is CCN(CC(=O)O)C1CC(NC(=O)Nc2ccc(C3CCC3)cc2)C1. The molecule has 0 saturated heterocycles. The number of carbonyl (C=O) groups is 2. The number of carboxylic acids is 1. The zero-order valence-corrected chi connectivity index (χ0v) is 14.7. The summed E-state index contributed by atoms with van der Waals surface area (Å²) in [4.78, 5) is 24.9. The van der Waals surface area contributed by atoms with Gasteiger partial charge in [0.25, 0.3) is 0 Å². The Kier molecular flexibility index (Phi) is 5.58. The van der Waals surface area contributed by atoms with Gasteiger partial charge in [0.15, 0.2) is 0 Å². The van der Waals surface area contributed by atoms with Crippen molar-refractivity contribution in [1.82, 2.24) is 10.2 Å². The predicted octanol–water partition coefficient (Wildman–Crippen LogP) is 3.01. The van der Waals surface area contributed by atoms with Crippen molar-refractivity contribution in [1.29, 1.82) is 0 Å². The summed E-state index contributed by atoms with van der Waals surface area (Å²) < 4.78 is 0. The quantitative estimate of drug-likeness (QED) is 0.709. The number of urea groups is 1. The van der Waals surface area contributed by atoms with Crippen LogP contribution in [0.4, 0.5) is 10.5 Å². The molecule has 3 rings (SSSR count). The highest BCUT2D eigenvalue weighted by Crippen LogP contribution is 2.36. The molecule has 0 radical (unpaired) electrons. The van der Waals surface area contributed by atoms with E-state index in [9.17, 15) is 9.59 Å². The van der Waals surface area contributed by atoms with Crippen LogP contribution in [-0.4, -0.2) is 47.2 Å². The number of nitrogens with zero attached hydrogens (tertiary/aromatic N) is 1. The van der Waals surface area contributed by atoms with Gasteiger partial charge in [-0.3, -0.25) is 9.69 Å². The number of carboxylic acid groups (broad SMARTS) is 1. The highest BCUT2D eigenvalue weighted by atomic mass is 16.4. The lowest BCUT2D eigenvalue weighted by Gasteiger charge is -2.42. The Hall–Kier alpha value is -2.08. The second-order valence-electron chi connectivity index (χ2n) is 7.13. The lowest BCUT2D eigenvalue weighted by Crippen LogP contribution is -2.55. The zero-order chi connectivity index (χ0) is 17.8. The van der Waals surface area contributed by atoms with Crippen molar-refractivity contribution in [2.24, 2.45) is 0 Å².